The molecule has 10 aromatic rings. The molecule has 0 aromatic heterocycles. The van der Waals surface area contributed by atoms with Gasteiger partial charge in [0.15, 0.2) is 0 Å². The topological polar surface area (TPSA) is 3.24 Å². The molecule has 0 aliphatic heterocycles. The molecule has 0 atom stereocenters. The lowest BCUT2D eigenvalue weighted by Crippen LogP contribution is -2.09. The Hall–Kier alpha value is -7.48. The lowest BCUT2D eigenvalue weighted by Gasteiger charge is -2.26. The smallest absolute Gasteiger partial charge is 0.0462 e. The SMILES string of the molecule is c1ccc(-c2ccc(N(c3ccc(-c4ccccc4-c4ccccc4)cc3)c3ccc(-c4ccccc4-c4cc5ccccc5c5ccccc45)cc3)cc2)cc1. The van der Waals surface area contributed by atoms with E-state index >= 15 is 0 Å². The Bertz CT molecular complexity index is 2970. The van der Waals surface area contributed by atoms with Gasteiger partial charge in [-0.25, -0.2) is 0 Å². The molecule has 57 heavy (non-hydrogen) atoms. The minimum absolute atomic E-state index is 1.09. The van der Waals surface area contributed by atoms with Crippen molar-refractivity contribution in [1.29, 1.82) is 0 Å². The van der Waals surface area contributed by atoms with Crippen molar-refractivity contribution in [1.82, 2.24) is 0 Å². The van der Waals surface area contributed by atoms with Gasteiger partial charge in [0.2, 0.25) is 0 Å². The molecule has 1 heteroatoms. The summed E-state index contributed by atoms with van der Waals surface area (Å²) in [7, 11) is 0. The number of fused-ring (bicyclic) bond motifs is 3. The minimum atomic E-state index is 1.09. The summed E-state index contributed by atoms with van der Waals surface area (Å²) in [4.78, 5) is 2.36. The van der Waals surface area contributed by atoms with E-state index in [0.717, 1.165) is 17.1 Å². The maximum atomic E-state index is 2.36. The van der Waals surface area contributed by atoms with Gasteiger partial charge in [-0.1, -0.05) is 194 Å². The average Bonchev–Trinajstić information content (AvgIpc) is 3.30. The predicted octanol–water partition coefficient (Wildman–Crippen LogP) is 15.8. The van der Waals surface area contributed by atoms with Crippen LogP contribution in [0.25, 0.3) is 77.2 Å². The van der Waals surface area contributed by atoms with Crippen LogP contribution in [0.1, 0.15) is 0 Å². The molecule has 0 aliphatic carbocycles. The molecule has 10 aromatic carbocycles. The van der Waals surface area contributed by atoms with E-state index < -0.39 is 0 Å². The Morgan fingerprint density at radius 1 is 0.211 bits per heavy atom. The lowest BCUT2D eigenvalue weighted by molar-refractivity contribution is 1.28. The number of hydrogen-bond donors (Lipinski definition) is 0. The zero-order valence-electron chi connectivity index (χ0n) is 31.5. The van der Waals surface area contributed by atoms with Crippen LogP contribution in [0.2, 0.25) is 0 Å². The van der Waals surface area contributed by atoms with Crippen LogP contribution >= 0.6 is 0 Å². The maximum Gasteiger partial charge on any atom is 0.0462 e. The molecule has 268 valence electrons. The Kier molecular flexibility index (Phi) is 8.95. The van der Waals surface area contributed by atoms with Crippen molar-refractivity contribution in [3.05, 3.63) is 237 Å². The summed E-state index contributed by atoms with van der Waals surface area (Å²) in [6.07, 6.45) is 0. The molecule has 0 saturated heterocycles. The number of anilines is 3. The molecule has 0 spiro atoms. The van der Waals surface area contributed by atoms with Gasteiger partial charge in [0.1, 0.15) is 0 Å². The van der Waals surface area contributed by atoms with Gasteiger partial charge in [-0.2, -0.15) is 0 Å². The van der Waals surface area contributed by atoms with Crippen molar-refractivity contribution in [3.63, 3.8) is 0 Å². The molecule has 0 amide bonds. The van der Waals surface area contributed by atoms with Gasteiger partial charge in [-0.05, 0) is 120 Å². The van der Waals surface area contributed by atoms with Gasteiger partial charge in [-0.3, -0.25) is 0 Å². The third-order valence-corrected chi connectivity index (χ3v) is 11.1. The van der Waals surface area contributed by atoms with Gasteiger partial charge >= 0.3 is 0 Å². The third kappa shape index (κ3) is 6.56. The number of nitrogens with zero attached hydrogens (tertiary/aromatic N) is 1. The molecule has 0 radical (unpaired) electrons. The summed E-state index contributed by atoms with van der Waals surface area (Å²) in [6.45, 7) is 0. The third-order valence-electron chi connectivity index (χ3n) is 11.1. The first-order chi connectivity index (χ1) is 28.3. The standard InChI is InChI=1S/C56H39N/c1-3-15-40(16-4-1)41-27-33-46(34-28-41)57(47-35-29-43(30-36-47)50-21-10-9-20-49(50)42-17-5-2-6-18-42)48-37-31-44(32-38-48)51-22-11-12-25-54(51)56-39-45-19-7-8-23-52(45)53-24-13-14-26-55(53)56/h1-39H. The highest BCUT2D eigenvalue weighted by Gasteiger charge is 2.17. The normalized spacial score (nSPS) is 11.2. The Labute approximate surface area is 334 Å². The zero-order valence-corrected chi connectivity index (χ0v) is 31.5. The van der Waals surface area contributed by atoms with Crippen LogP contribution < -0.4 is 4.90 Å². The summed E-state index contributed by atoms with van der Waals surface area (Å²) in [5, 5.41) is 5.07. The maximum absolute atomic E-state index is 2.36. The van der Waals surface area contributed by atoms with Crippen LogP contribution in [-0.2, 0) is 0 Å². The van der Waals surface area contributed by atoms with Crippen LogP contribution in [0.3, 0.4) is 0 Å². The number of hydrogen-bond acceptors (Lipinski definition) is 1. The molecule has 10 rings (SSSR count). The number of rotatable bonds is 8. The predicted molar refractivity (Wildman–Crippen MR) is 243 cm³/mol. The molecule has 0 heterocycles. The molecule has 0 unspecified atom stereocenters. The second-order valence-corrected chi connectivity index (χ2v) is 14.5. The van der Waals surface area contributed by atoms with E-state index in [1.165, 1.54) is 77.2 Å². The monoisotopic (exact) mass is 725 g/mol. The van der Waals surface area contributed by atoms with Gasteiger partial charge in [0, 0.05) is 17.1 Å². The second-order valence-electron chi connectivity index (χ2n) is 14.5. The van der Waals surface area contributed by atoms with Gasteiger partial charge in [-0.15, -0.1) is 0 Å². The molecule has 0 saturated carbocycles. The van der Waals surface area contributed by atoms with E-state index in [4.69, 9.17) is 0 Å². The van der Waals surface area contributed by atoms with Gasteiger partial charge < -0.3 is 4.90 Å². The van der Waals surface area contributed by atoms with Crippen LogP contribution in [0.15, 0.2) is 237 Å². The average molecular weight is 726 g/mol. The first-order valence-electron chi connectivity index (χ1n) is 19.6. The van der Waals surface area contributed by atoms with Crippen molar-refractivity contribution in [3.8, 4) is 55.6 Å². The van der Waals surface area contributed by atoms with E-state index in [1.54, 1.807) is 0 Å². The molecule has 0 aliphatic rings. The summed E-state index contributed by atoms with van der Waals surface area (Å²) < 4.78 is 0. The minimum Gasteiger partial charge on any atom is -0.311 e. The van der Waals surface area contributed by atoms with E-state index in [0.29, 0.717) is 0 Å². The van der Waals surface area contributed by atoms with Crippen LogP contribution in [0.5, 0.6) is 0 Å². The Morgan fingerprint density at radius 3 is 1.11 bits per heavy atom. The highest BCUT2D eigenvalue weighted by atomic mass is 15.1. The zero-order chi connectivity index (χ0) is 38.0. The van der Waals surface area contributed by atoms with Crippen LogP contribution in [0.4, 0.5) is 17.1 Å². The van der Waals surface area contributed by atoms with Gasteiger partial charge in [0.05, 0.1) is 0 Å². The van der Waals surface area contributed by atoms with Crippen molar-refractivity contribution >= 4 is 38.6 Å². The van der Waals surface area contributed by atoms with Crippen LogP contribution in [0, 0.1) is 0 Å². The van der Waals surface area contributed by atoms with Crippen LogP contribution in [-0.4, -0.2) is 0 Å². The lowest BCUT2D eigenvalue weighted by atomic mass is 9.89. The Morgan fingerprint density at radius 2 is 0.561 bits per heavy atom. The fourth-order valence-corrected chi connectivity index (χ4v) is 8.31. The molecule has 0 N–H and O–H groups in total. The first-order valence-corrected chi connectivity index (χ1v) is 19.6. The highest BCUT2D eigenvalue weighted by molar-refractivity contribution is 6.14. The molecule has 0 bridgehead atoms. The van der Waals surface area contributed by atoms with Crippen molar-refractivity contribution in [2.24, 2.45) is 0 Å². The van der Waals surface area contributed by atoms with E-state index in [-0.39, 0.29) is 0 Å². The highest BCUT2D eigenvalue weighted by Crippen LogP contribution is 2.42. The largest absolute Gasteiger partial charge is 0.311 e. The fourth-order valence-electron chi connectivity index (χ4n) is 8.31. The van der Waals surface area contributed by atoms with Crippen molar-refractivity contribution in [2.45, 2.75) is 0 Å². The fraction of sp³-hybridized carbons (Fsp3) is 0. The molecular formula is C56H39N. The van der Waals surface area contributed by atoms with Crippen molar-refractivity contribution < 1.29 is 0 Å². The second kappa shape index (κ2) is 15.0. The Balaban J connectivity index is 1.05. The quantitative estimate of drug-likeness (QED) is 0.141. The molecular weight excluding hydrogens is 687 g/mol. The van der Waals surface area contributed by atoms with Gasteiger partial charge in [0.25, 0.3) is 0 Å². The summed E-state index contributed by atoms with van der Waals surface area (Å²) in [5.74, 6) is 0. The summed E-state index contributed by atoms with van der Waals surface area (Å²) in [5.41, 5.74) is 15.4. The molecule has 1 nitrogen and oxygen atoms in total. The van der Waals surface area contributed by atoms with E-state index in [9.17, 15) is 0 Å². The van der Waals surface area contributed by atoms with E-state index in [2.05, 4.69) is 241 Å². The molecule has 0 fully saturated rings. The summed E-state index contributed by atoms with van der Waals surface area (Å²) in [6, 6.07) is 85.5. The number of benzene rings is 10. The first kappa shape index (κ1) is 34.0. The van der Waals surface area contributed by atoms with E-state index in [1.807, 2.05) is 0 Å². The van der Waals surface area contributed by atoms with Crippen molar-refractivity contribution in [2.75, 3.05) is 4.90 Å². The summed E-state index contributed by atoms with van der Waals surface area (Å²) >= 11 is 0.